The van der Waals surface area contributed by atoms with Gasteiger partial charge in [0.05, 0.1) is 5.70 Å². The van der Waals surface area contributed by atoms with Gasteiger partial charge < -0.3 is 27.0 Å². The molecule has 0 rings (SSSR count). The highest BCUT2D eigenvalue weighted by Crippen LogP contribution is 2.04. The molecule has 0 atom stereocenters. The third kappa shape index (κ3) is 13.5. The minimum atomic E-state index is 0.870. The van der Waals surface area contributed by atoms with Crippen LogP contribution in [0.25, 0.3) is 0 Å². The number of nitrogens with two attached hydrogens (primary N) is 1. The highest BCUT2D eigenvalue weighted by molar-refractivity contribution is 5.18. The Balaban J connectivity index is 4.39. The number of unbranched alkanes of at least 4 members (excludes halogenated alkanes) is 1. The Labute approximate surface area is 142 Å². The largest absolute Gasteiger partial charge is 0.403 e. The lowest BCUT2D eigenvalue weighted by atomic mass is 10.1. The number of rotatable bonds is 14. The molecule has 0 unspecified atom stereocenters. The molecule has 0 aromatic rings. The Morgan fingerprint density at radius 1 is 1.13 bits per heavy atom. The summed E-state index contributed by atoms with van der Waals surface area (Å²) in [5.74, 6) is 0. The second-order valence-electron chi connectivity index (χ2n) is 5.27. The molecule has 0 bridgehead atoms. The van der Waals surface area contributed by atoms with E-state index < -0.39 is 0 Å². The predicted octanol–water partition coefficient (Wildman–Crippen LogP) is 2.29. The van der Waals surface area contributed by atoms with Crippen molar-refractivity contribution in [2.75, 3.05) is 26.7 Å². The van der Waals surface area contributed by atoms with E-state index in [1.807, 2.05) is 25.5 Å². The van der Waals surface area contributed by atoms with Crippen LogP contribution >= 0.6 is 0 Å². The highest BCUT2D eigenvalue weighted by atomic mass is 14.9. The maximum Gasteiger partial charge on any atom is 0.0516 e. The summed E-state index contributed by atoms with van der Waals surface area (Å²) in [7, 11) is 1.98. The number of hydrogen-bond donors (Lipinski definition) is 5. The van der Waals surface area contributed by atoms with Crippen molar-refractivity contribution < 1.29 is 0 Å². The Bertz CT molecular complexity index is 383. The van der Waals surface area contributed by atoms with Crippen LogP contribution in [0.3, 0.4) is 0 Å². The van der Waals surface area contributed by atoms with Gasteiger partial charge in [-0.25, -0.2) is 0 Å². The van der Waals surface area contributed by atoms with Crippen LogP contribution in [0.15, 0.2) is 48.2 Å². The Hall–Kier alpha value is -1.88. The van der Waals surface area contributed by atoms with E-state index in [1.54, 1.807) is 6.20 Å². The van der Waals surface area contributed by atoms with Crippen LogP contribution < -0.4 is 27.0 Å². The van der Waals surface area contributed by atoms with Gasteiger partial charge in [-0.3, -0.25) is 0 Å². The van der Waals surface area contributed by atoms with Gasteiger partial charge in [0, 0.05) is 37.9 Å². The lowest BCUT2D eigenvalue weighted by Gasteiger charge is -2.11. The van der Waals surface area contributed by atoms with E-state index in [1.165, 1.54) is 24.6 Å². The Morgan fingerprint density at radius 3 is 2.57 bits per heavy atom. The van der Waals surface area contributed by atoms with Crippen molar-refractivity contribution in [2.45, 2.75) is 39.5 Å². The quantitative estimate of drug-likeness (QED) is 0.193. The fourth-order valence-electron chi connectivity index (χ4n) is 1.99. The van der Waals surface area contributed by atoms with Gasteiger partial charge in [0.2, 0.25) is 0 Å². The van der Waals surface area contributed by atoms with Gasteiger partial charge in [-0.2, -0.15) is 0 Å². The summed E-state index contributed by atoms with van der Waals surface area (Å²) in [6.07, 6.45) is 15.9. The van der Waals surface area contributed by atoms with E-state index in [0.29, 0.717) is 0 Å². The first-order valence-corrected chi connectivity index (χ1v) is 8.53. The van der Waals surface area contributed by atoms with E-state index >= 15 is 0 Å². The standard InChI is InChI=1S/C18H35N5/c1-4-8-17(5-2)15-23-18(9-13-21-14-10-19)16-22-12-7-6-11-20-3/h5,9-10,13-14,16,20-23H,4,6-8,11-12,15,19H2,1-3H3/b13-9+,14-10-,17-5+,18-16-. The molecule has 0 fully saturated rings. The van der Waals surface area contributed by atoms with Crippen molar-refractivity contribution in [2.24, 2.45) is 5.73 Å². The van der Waals surface area contributed by atoms with Crippen molar-refractivity contribution in [3.8, 4) is 0 Å². The van der Waals surface area contributed by atoms with Crippen molar-refractivity contribution in [1.82, 2.24) is 21.3 Å². The molecule has 0 aromatic heterocycles. The van der Waals surface area contributed by atoms with Crippen molar-refractivity contribution in [1.29, 1.82) is 0 Å². The molecule has 6 N–H and O–H groups in total. The fourth-order valence-corrected chi connectivity index (χ4v) is 1.99. The van der Waals surface area contributed by atoms with Crippen LogP contribution in [0.2, 0.25) is 0 Å². The maximum atomic E-state index is 5.30. The lowest BCUT2D eigenvalue weighted by molar-refractivity contribution is 0.653. The minimum Gasteiger partial charge on any atom is -0.403 e. The second kappa shape index (κ2) is 16.5. The Kier molecular flexibility index (Phi) is 15.1. The molecule has 0 aromatic carbocycles. The normalized spacial score (nSPS) is 13.0. The van der Waals surface area contributed by atoms with E-state index in [9.17, 15) is 0 Å². The summed E-state index contributed by atoms with van der Waals surface area (Å²) in [5, 5.41) is 13.0. The Morgan fingerprint density at radius 2 is 1.91 bits per heavy atom. The van der Waals surface area contributed by atoms with Gasteiger partial charge in [0.1, 0.15) is 0 Å². The number of allylic oxidation sites excluding steroid dienone is 2. The summed E-state index contributed by atoms with van der Waals surface area (Å²) < 4.78 is 0. The summed E-state index contributed by atoms with van der Waals surface area (Å²) in [6.45, 7) is 7.21. The maximum absolute atomic E-state index is 5.30. The zero-order chi connectivity index (χ0) is 17.2. The molecule has 0 radical (unpaired) electrons. The van der Waals surface area contributed by atoms with Gasteiger partial charge in [0.25, 0.3) is 0 Å². The van der Waals surface area contributed by atoms with Gasteiger partial charge in [-0.1, -0.05) is 25.0 Å². The SMILES string of the molecule is C/C=C(\CCC)CNC(=C\NCCCCNC)/C=C/N/C=C\N. The topological polar surface area (TPSA) is 74.1 Å². The molecule has 0 aliphatic heterocycles. The molecular weight excluding hydrogens is 286 g/mol. The molecular formula is C18H35N5. The molecule has 0 heterocycles. The van der Waals surface area contributed by atoms with E-state index in [4.69, 9.17) is 5.73 Å². The number of nitrogens with one attached hydrogen (secondary N) is 4. The molecule has 0 aliphatic carbocycles. The van der Waals surface area contributed by atoms with Crippen molar-refractivity contribution in [3.63, 3.8) is 0 Å². The van der Waals surface area contributed by atoms with Gasteiger partial charge in [0.15, 0.2) is 0 Å². The van der Waals surface area contributed by atoms with Crippen LogP contribution in [0.4, 0.5) is 0 Å². The third-order valence-electron chi connectivity index (χ3n) is 3.31. The lowest BCUT2D eigenvalue weighted by Crippen LogP contribution is -2.19. The van der Waals surface area contributed by atoms with E-state index in [2.05, 4.69) is 41.2 Å². The van der Waals surface area contributed by atoms with Crippen LogP contribution in [-0.4, -0.2) is 26.7 Å². The molecule has 0 amide bonds. The summed E-state index contributed by atoms with van der Waals surface area (Å²) in [4.78, 5) is 0. The minimum absolute atomic E-state index is 0.870. The summed E-state index contributed by atoms with van der Waals surface area (Å²) in [6, 6.07) is 0. The molecule has 23 heavy (non-hydrogen) atoms. The van der Waals surface area contributed by atoms with E-state index in [0.717, 1.165) is 38.2 Å². The van der Waals surface area contributed by atoms with Crippen LogP contribution in [-0.2, 0) is 0 Å². The molecule has 0 saturated carbocycles. The molecule has 0 spiro atoms. The average molecular weight is 322 g/mol. The van der Waals surface area contributed by atoms with Gasteiger partial charge in [-0.05, 0) is 45.9 Å². The molecule has 0 aliphatic rings. The van der Waals surface area contributed by atoms with Crippen LogP contribution in [0.5, 0.6) is 0 Å². The van der Waals surface area contributed by atoms with E-state index in [-0.39, 0.29) is 0 Å². The van der Waals surface area contributed by atoms with Gasteiger partial charge in [-0.15, -0.1) is 0 Å². The van der Waals surface area contributed by atoms with Crippen molar-refractivity contribution >= 4 is 0 Å². The van der Waals surface area contributed by atoms with Crippen LogP contribution in [0, 0.1) is 0 Å². The molecule has 5 nitrogen and oxygen atoms in total. The summed E-state index contributed by atoms with van der Waals surface area (Å²) >= 11 is 0. The average Bonchev–Trinajstić information content (AvgIpc) is 2.57. The zero-order valence-electron chi connectivity index (χ0n) is 15.0. The monoisotopic (exact) mass is 321 g/mol. The number of hydrogen-bond acceptors (Lipinski definition) is 5. The first-order chi connectivity index (χ1) is 11.3. The second-order valence-corrected chi connectivity index (χ2v) is 5.27. The fraction of sp³-hybridized carbons (Fsp3) is 0.556. The molecule has 132 valence electrons. The van der Waals surface area contributed by atoms with Crippen molar-refractivity contribution in [3.05, 3.63) is 48.2 Å². The summed E-state index contributed by atoms with van der Waals surface area (Å²) in [5.41, 5.74) is 7.78. The third-order valence-corrected chi connectivity index (χ3v) is 3.31. The first-order valence-electron chi connectivity index (χ1n) is 8.53. The highest BCUT2D eigenvalue weighted by Gasteiger charge is 1.97. The molecule has 5 heteroatoms. The predicted molar refractivity (Wildman–Crippen MR) is 102 cm³/mol. The van der Waals surface area contributed by atoms with Crippen LogP contribution in [0.1, 0.15) is 39.5 Å². The smallest absolute Gasteiger partial charge is 0.0516 e. The first kappa shape index (κ1) is 21.1. The molecule has 0 saturated heterocycles. The van der Waals surface area contributed by atoms with Gasteiger partial charge >= 0.3 is 0 Å². The zero-order valence-corrected chi connectivity index (χ0v) is 15.0.